The molecular formula is C72H76BN3O. The van der Waals surface area contributed by atoms with Crippen LogP contribution in [0.15, 0.2) is 162 Å². The first kappa shape index (κ1) is 49.6. The molecule has 1 fully saturated rings. The van der Waals surface area contributed by atoms with Gasteiger partial charge in [0.15, 0.2) is 0 Å². The number of benzene rings is 8. The average molecular weight is 1010 g/mol. The molecule has 2 atom stereocenters. The van der Waals surface area contributed by atoms with Gasteiger partial charge in [-0.1, -0.05) is 194 Å². The van der Waals surface area contributed by atoms with E-state index >= 15 is 0 Å². The van der Waals surface area contributed by atoms with Crippen molar-refractivity contribution in [2.75, 3.05) is 14.7 Å². The van der Waals surface area contributed by atoms with E-state index in [1.165, 1.54) is 96.3 Å². The molecule has 0 saturated heterocycles. The van der Waals surface area contributed by atoms with Crippen molar-refractivity contribution < 1.29 is 4.42 Å². The molecule has 1 aliphatic carbocycles. The van der Waals surface area contributed by atoms with Crippen LogP contribution in [-0.2, 0) is 27.1 Å². The molecule has 9 aromatic rings. The van der Waals surface area contributed by atoms with Gasteiger partial charge in [0, 0.05) is 55.9 Å². The number of fused-ring (bicyclic) bond motifs is 11. The SMILES string of the molecule is CC(C)(C)c1ccc(N(c2ccc(C(C)(C)C)cc2)c2cc3c4c(c2)N2c5c(cc(C(C)(C)C)cc5C5(C)CCCCC25C)B4c2c(ccc4oc5ccccc5c24)N3c2ccc(C(C)(C)C)cc2-c2ccccc2)cc1. The van der Waals surface area contributed by atoms with E-state index in [0.717, 1.165) is 52.1 Å². The lowest BCUT2D eigenvalue weighted by molar-refractivity contribution is 0.195. The highest BCUT2D eigenvalue weighted by Gasteiger charge is 2.62. The Kier molecular flexibility index (Phi) is 10.8. The van der Waals surface area contributed by atoms with Gasteiger partial charge in [0.2, 0.25) is 0 Å². The Morgan fingerprint density at radius 3 is 1.69 bits per heavy atom. The van der Waals surface area contributed by atoms with Crippen LogP contribution in [0.4, 0.5) is 45.5 Å². The highest BCUT2D eigenvalue weighted by atomic mass is 16.3. The molecular weight excluding hydrogens is 934 g/mol. The quantitative estimate of drug-likeness (QED) is 0.160. The summed E-state index contributed by atoms with van der Waals surface area (Å²) in [7, 11) is 0. The Morgan fingerprint density at radius 1 is 0.481 bits per heavy atom. The topological polar surface area (TPSA) is 22.9 Å². The Labute approximate surface area is 459 Å². The molecule has 3 aliphatic heterocycles. The molecule has 1 saturated carbocycles. The number of hydrogen-bond donors (Lipinski definition) is 0. The van der Waals surface area contributed by atoms with Crippen LogP contribution in [0, 0.1) is 0 Å². The fourth-order valence-corrected chi connectivity index (χ4v) is 14.2. The van der Waals surface area contributed by atoms with Crippen molar-refractivity contribution in [3.8, 4) is 11.1 Å². The van der Waals surface area contributed by atoms with Crippen LogP contribution in [0.3, 0.4) is 0 Å². The van der Waals surface area contributed by atoms with E-state index in [4.69, 9.17) is 4.42 Å². The minimum absolute atomic E-state index is 0.0111. The molecule has 0 amide bonds. The Morgan fingerprint density at radius 2 is 1.05 bits per heavy atom. The standard InChI is InChI=1S/C72H76BN3O/c1-67(2,3)46-26-31-50(32-27-46)74(51-33-28-47(29-34-51)68(4,5)6)52-43-59-64-60(44-52)76-66-55(71(13)38-20-21-39-72(71,76)14)41-49(70(10,11)12)42-56(66)73(64)65-58(36-37-62-63(65)53-24-18-19-25-61(53)77-62)75(59)57-35-30-48(69(7,8)9)40-54(57)45-22-16-15-17-23-45/h15-19,22-37,40-44H,20-21,38-39H2,1-14H3. The van der Waals surface area contributed by atoms with Crippen molar-refractivity contribution in [1.82, 2.24) is 0 Å². The molecule has 0 bridgehead atoms. The average Bonchev–Trinajstić information content (AvgIpc) is 4.03. The zero-order valence-electron chi connectivity index (χ0n) is 48.2. The van der Waals surface area contributed by atoms with Crippen LogP contribution < -0.4 is 31.1 Å². The maximum absolute atomic E-state index is 6.94. The molecule has 2 unspecified atom stereocenters. The van der Waals surface area contributed by atoms with Gasteiger partial charge in [0.1, 0.15) is 11.2 Å². The number of nitrogens with zero attached hydrogens (tertiary/aromatic N) is 3. The lowest BCUT2D eigenvalue weighted by Crippen LogP contribution is -2.64. The molecule has 5 heteroatoms. The third-order valence-corrected chi connectivity index (χ3v) is 18.8. The van der Waals surface area contributed by atoms with Gasteiger partial charge in [-0.15, -0.1) is 0 Å². The summed E-state index contributed by atoms with van der Waals surface area (Å²) in [5.41, 5.74) is 24.6. The van der Waals surface area contributed by atoms with Crippen LogP contribution in [0.5, 0.6) is 0 Å². The minimum atomic E-state index is -0.188. The van der Waals surface area contributed by atoms with E-state index in [9.17, 15) is 0 Å². The van der Waals surface area contributed by atoms with Crippen LogP contribution in [-0.4, -0.2) is 12.3 Å². The lowest BCUT2D eigenvalue weighted by Gasteiger charge is -2.53. The largest absolute Gasteiger partial charge is 0.456 e. The molecule has 0 N–H and O–H groups in total. The van der Waals surface area contributed by atoms with Gasteiger partial charge in [-0.2, -0.15) is 0 Å². The zero-order chi connectivity index (χ0) is 53.9. The summed E-state index contributed by atoms with van der Waals surface area (Å²) < 4.78 is 6.94. The monoisotopic (exact) mass is 1010 g/mol. The van der Waals surface area contributed by atoms with Gasteiger partial charge in [-0.05, 0) is 158 Å². The summed E-state index contributed by atoms with van der Waals surface area (Å²) in [6, 6.07) is 61.0. The maximum atomic E-state index is 6.94. The van der Waals surface area contributed by atoms with Gasteiger partial charge >= 0.3 is 0 Å². The summed E-state index contributed by atoms with van der Waals surface area (Å²) in [5.74, 6) is 0. The van der Waals surface area contributed by atoms with E-state index in [1.807, 2.05) is 0 Å². The predicted octanol–water partition coefficient (Wildman–Crippen LogP) is 18.3. The van der Waals surface area contributed by atoms with E-state index in [0.29, 0.717) is 0 Å². The van der Waals surface area contributed by atoms with Gasteiger partial charge < -0.3 is 19.1 Å². The molecule has 8 aromatic carbocycles. The second kappa shape index (κ2) is 16.8. The highest BCUT2D eigenvalue weighted by Crippen LogP contribution is 2.63. The second-order valence-electron chi connectivity index (χ2n) is 27.8. The summed E-state index contributed by atoms with van der Waals surface area (Å²) in [5, 5.41) is 2.37. The molecule has 4 aliphatic rings. The summed E-state index contributed by atoms with van der Waals surface area (Å²) >= 11 is 0. The lowest BCUT2D eigenvalue weighted by atomic mass is 9.32. The van der Waals surface area contributed by atoms with Crippen LogP contribution in [0.1, 0.15) is 150 Å². The third-order valence-electron chi connectivity index (χ3n) is 18.8. The number of furan rings is 1. The maximum Gasteiger partial charge on any atom is 0.253 e. The Hall–Kier alpha value is -6.98. The summed E-state index contributed by atoms with van der Waals surface area (Å²) in [4.78, 5) is 8.12. The molecule has 4 nitrogen and oxygen atoms in total. The first-order valence-electron chi connectivity index (χ1n) is 28.6. The van der Waals surface area contributed by atoms with Gasteiger partial charge in [-0.25, -0.2) is 0 Å². The van der Waals surface area contributed by atoms with E-state index in [1.54, 1.807) is 0 Å². The molecule has 0 spiro atoms. The fourth-order valence-electron chi connectivity index (χ4n) is 14.2. The normalized spacial score (nSPS) is 18.9. The van der Waals surface area contributed by atoms with Crippen LogP contribution >= 0.6 is 0 Å². The second-order valence-corrected chi connectivity index (χ2v) is 27.8. The predicted molar refractivity (Wildman–Crippen MR) is 331 cm³/mol. The minimum Gasteiger partial charge on any atom is -0.456 e. The van der Waals surface area contributed by atoms with Crippen LogP contribution in [0.25, 0.3) is 33.1 Å². The van der Waals surface area contributed by atoms with Gasteiger partial charge in [-0.3, -0.25) is 0 Å². The van der Waals surface area contributed by atoms with E-state index < -0.39 is 0 Å². The van der Waals surface area contributed by atoms with Gasteiger partial charge in [0.05, 0.1) is 16.9 Å². The van der Waals surface area contributed by atoms with Crippen molar-refractivity contribution in [3.63, 3.8) is 0 Å². The molecule has 0 radical (unpaired) electrons. The molecule has 1 aromatic heterocycles. The first-order valence-corrected chi connectivity index (χ1v) is 28.6. The van der Waals surface area contributed by atoms with E-state index in [-0.39, 0.29) is 39.3 Å². The zero-order valence-corrected chi connectivity index (χ0v) is 48.2. The smallest absolute Gasteiger partial charge is 0.253 e. The molecule has 4 heterocycles. The molecule has 13 rings (SSSR count). The molecule has 388 valence electrons. The van der Waals surface area contributed by atoms with E-state index in [2.05, 4.69) is 269 Å². The number of anilines is 8. The van der Waals surface area contributed by atoms with Crippen LogP contribution in [0.2, 0.25) is 0 Å². The van der Waals surface area contributed by atoms with Crippen molar-refractivity contribution >= 4 is 90.5 Å². The van der Waals surface area contributed by atoms with Gasteiger partial charge in [0.25, 0.3) is 6.71 Å². The number of hydrogen-bond acceptors (Lipinski definition) is 4. The summed E-state index contributed by atoms with van der Waals surface area (Å²) in [6.45, 7) is 33.3. The van der Waals surface area contributed by atoms with Crippen molar-refractivity contribution in [3.05, 3.63) is 186 Å². The number of para-hydroxylation sites is 1. The summed E-state index contributed by atoms with van der Waals surface area (Å²) in [6.07, 6.45) is 4.69. The Balaban J connectivity index is 1.21. The fraction of sp³-hybridized carbons (Fsp3) is 0.333. The van der Waals surface area contributed by atoms with Crippen molar-refractivity contribution in [2.24, 2.45) is 0 Å². The first-order chi connectivity index (χ1) is 36.5. The molecule has 77 heavy (non-hydrogen) atoms. The van der Waals surface area contributed by atoms with Crippen molar-refractivity contribution in [2.45, 2.75) is 155 Å². The highest BCUT2D eigenvalue weighted by molar-refractivity contribution is 7.02. The van der Waals surface area contributed by atoms with Crippen molar-refractivity contribution in [1.29, 1.82) is 0 Å². The third kappa shape index (κ3) is 7.45. The Bertz CT molecular complexity index is 3780. The number of rotatable bonds is 5.